The molecule has 1 heterocycles. The van der Waals surface area contributed by atoms with Crippen LogP contribution in [0.4, 0.5) is 13.2 Å². The molecule has 0 radical (unpaired) electrons. The van der Waals surface area contributed by atoms with E-state index in [4.69, 9.17) is 14.6 Å². The van der Waals surface area contributed by atoms with Gasteiger partial charge < -0.3 is 14.6 Å². The largest absolute Gasteiger partial charge is 0.481 e. The first kappa shape index (κ1) is 13.5. The molecule has 0 saturated carbocycles. The predicted octanol–water partition coefficient (Wildman–Crippen LogP) is 2.70. The molecule has 0 fully saturated rings. The summed E-state index contributed by atoms with van der Waals surface area (Å²) in [5, 5.41) is 8.83. The van der Waals surface area contributed by atoms with Gasteiger partial charge in [0.1, 0.15) is 0 Å². The van der Waals surface area contributed by atoms with E-state index in [0.29, 0.717) is 0 Å². The van der Waals surface area contributed by atoms with E-state index in [1.165, 1.54) is 13.0 Å². The number of carboxylic acid groups (broad SMARTS) is 1. The van der Waals surface area contributed by atoms with Crippen LogP contribution in [0.25, 0.3) is 0 Å². The molecule has 2 rings (SSSR count). The Labute approximate surface area is 106 Å². The minimum absolute atomic E-state index is 0.0112. The maximum atomic E-state index is 12.9. The van der Waals surface area contributed by atoms with Crippen molar-refractivity contribution in [2.75, 3.05) is 6.79 Å². The Morgan fingerprint density at radius 3 is 2.68 bits per heavy atom. The van der Waals surface area contributed by atoms with Gasteiger partial charge in [-0.1, -0.05) is 6.92 Å². The number of aliphatic carboxylic acids is 1. The Morgan fingerprint density at radius 2 is 2.11 bits per heavy atom. The van der Waals surface area contributed by atoms with Gasteiger partial charge in [0.25, 0.3) is 0 Å². The van der Waals surface area contributed by atoms with Crippen LogP contribution in [0.1, 0.15) is 18.1 Å². The molecule has 1 aliphatic heterocycles. The Kier molecular flexibility index (Phi) is 3.30. The third-order valence-electron chi connectivity index (χ3n) is 2.88. The van der Waals surface area contributed by atoms with Gasteiger partial charge in [-0.15, -0.1) is 0 Å². The van der Waals surface area contributed by atoms with Gasteiger partial charge in [0, 0.05) is 5.56 Å². The summed E-state index contributed by atoms with van der Waals surface area (Å²) in [6, 6.07) is 2.07. The van der Waals surface area contributed by atoms with E-state index in [9.17, 15) is 18.0 Å². The molecule has 1 N–H and O–H groups in total. The molecule has 1 atom stereocenters. The lowest BCUT2D eigenvalue weighted by atomic mass is 9.95. The van der Waals surface area contributed by atoms with Crippen LogP contribution < -0.4 is 9.47 Å². The average Bonchev–Trinajstić information content (AvgIpc) is 2.75. The van der Waals surface area contributed by atoms with Gasteiger partial charge in [-0.25, -0.2) is 0 Å². The van der Waals surface area contributed by atoms with Crippen molar-refractivity contribution < 1.29 is 32.5 Å². The highest BCUT2D eigenvalue weighted by atomic mass is 19.4. The zero-order valence-electron chi connectivity index (χ0n) is 9.95. The van der Waals surface area contributed by atoms with E-state index in [1.807, 2.05) is 0 Å². The van der Waals surface area contributed by atoms with Gasteiger partial charge >= 0.3 is 12.1 Å². The highest BCUT2D eigenvalue weighted by Crippen LogP contribution is 2.44. The molecule has 0 saturated heterocycles. The third-order valence-corrected chi connectivity index (χ3v) is 2.88. The van der Waals surface area contributed by atoms with Crippen molar-refractivity contribution in [1.29, 1.82) is 0 Å². The van der Waals surface area contributed by atoms with Crippen LogP contribution in [-0.2, 0) is 17.4 Å². The highest BCUT2D eigenvalue weighted by molar-refractivity contribution is 5.70. The third kappa shape index (κ3) is 2.59. The first-order valence-electron chi connectivity index (χ1n) is 5.52. The van der Waals surface area contributed by atoms with Gasteiger partial charge in [0.15, 0.2) is 11.5 Å². The second-order valence-electron chi connectivity index (χ2n) is 4.27. The molecule has 1 aromatic rings. The Morgan fingerprint density at radius 1 is 1.42 bits per heavy atom. The standard InChI is InChI=1S/C12H11F3O4/c1-6(11(16)17)4-7-8(12(13,14)15)2-3-9-10(7)19-5-18-9/h2-3,6H,4-5H2,1H3,(H,16,17). The monoisotopic (exact) mass is 276 g/mol. The van der Waals surface area contributed by atoms with E-state index in [-0.39, 0.29) is 30.3 Å². The summed E-state index contributed by atoms with van der Waals surface area (Å²) < 4.78 is 48.8. The number of benzene rings is 1. The Bertz CT molecular complexity index is 510. The zero-order valence-corrected chi connectivity index (χ0v) is 9.95. The van der Waals surface area contributed by atoms with E-state index in [1.54, 1.807) is 0 Å². The summed E-state index contributed by atoms with van der Waals surface area (Å²) in [5.74, 6) is -1.91. The maximum Gasteiger partial charge on any atom is 0.416 e. The van der Waals surface area contributed by atoms with Crippen molar-refractivity contribution in [3.63, 3.8) is 0 Å². The second-order valence-corrected chi connectivity index (χ2v) is 4.27. The molecule has 4 nitrogen and oxygen atoms in total. The summed E-state index contributed by atoms with van der Waals surface area (Å²) in [6.07, 6.45) is -4.83. The molecule has 104 valence electrons. The SMILES string of the molecule is CC(Cc1c(C(F)(F)F)ccc2c1OCO2)C(=O)O. The summed E-state index contributed by atoms with van der Waals surface area (Å²) in [6.45, 7) is 1.18. The molecule has 0 aromatic heterocycles. The fraction of sp³-hybridized carbons (Fsp3) is 0.417. The van der Waals surface area contributed by atoms with Crippen LogP contribution in [-0.4, -0.2) is 17.9 Å². The number of ether oxygens (including phenoxy) is 2. The first-order valence-corrected chi connectivity index (χ1v) is 5.52. The molecule has 0 amide bonds. The molecule has 1 aliphatic rings. The van der Waals surface area contributed by atoms with Crippen molar-refractivity contribution in [3.8, 4) is 11.5 Å². The molecule has 1 aromatic carbocycles. The van der Waals surface area contributed by atoms with Crippen molar-refractivity contribution in [1.82, 2.24) is 0 Å². The van der Waals surface area contributed by atoms with Gasteiger partial charge in [-0.05, 0) is 18.6 Å². The summed E-state index contributed by atoms with van der Waals surface area (Å²) in [7, 11) is 0. The van der Waals surface area contributed by atoms with Crippen molar-refractivity contribution >= 4 is 5.97 Å². The second kappa shape index (κ2) is 4.64. The summed E-state index contributed by atoms with van der Waals surface area (Å²) in [4.78, 5) is 10.8. The van der Waals surface area contributed by atoms with Crippen molar-refractivity contribution in [3.05, 3.63) is 23.3 Å². The van der Waals surface area contributed by atoms with Crippen LogP contribution in [0.2, 0.25) is 0 Å². The van der Waals surface area contributed by atoms with Gasteiger partial charge in [0.05, 0.1) is 11.5 Å². The highest BCUT2D eigenvalue weighted by Gasteiger charge is 2.37. The van der Waals surface area contributed by atoms with Gasteiger partial charge in [-0.3, -0.25) is 4.79 Å². The fourth-order valence-corrected chi connectivity index (χ4v) is 1.89. The Balaban J connectivity index is 2.48. The van der Waals surface area contributed by atoms with Crippen LogP contribution in [0.15, 0.2) is 12.1 Å². The number of fused-ring (bicyclic) bond motifs is 1. The van der Waals surface area contributed by atoms with Crippen LogP contribution in [0, 0.1) is 5.92 Å². The lowest BCUT2D eigenvalue weighted by Crippen LogP contribution is -2.17. The quantitative estimate of drug-likeness (QED) is 0.922. The summed E-state index contributed by atoms with van der Waals surface area (Å²) in [5.41, 5.74) is -1.05. The smallest absolute Gasteiger partial charge is 0.416 e. The van der Waals surface area contributed by atoms with Crippen molar-refractivity contribution in [2.45, 2.75) is 19.5 Å². The van der Waals surface area contributed by atoms with E-state index >= 15 is 0 Å². The van der Waals surface area contributed by atoms with Crippen molar-refractivity contribution in [2.24, 2.45) is 5.92 Å². The van der Waals surface area contributed by atoms with Gasteiger partial charge in [-0.2, -0.15) is 13.2 Å². The summed E-state index contributed by atoms with van der Waals surface area (Å²) >= 11 is 0. The molecule has 7 heteroatoms. The van der Waals surface area contributed by atoms with Gasteiger partial charge in [0.2, 0.25) is 6.79 Å². The molecule has 0 bridgehead atoms. The van der Waals surface area contributed by atoms with E-state index in [2.05, 4.69) is 0 Å². The molecule has 1 unspecified atom stereocenters. The number of hydrogen-bond donors (Lipinski definition) is 1. The number of hydrogen-bond acceptors (Lipinski definition) is 3. The minimum atomic E-state index is -4.56. The van der Waals surface area contributed by atoms with Crippen LogP contribution in [0.5, 0.6) is 11.5 Å². The van der Waals surface area contributed by atoms with Crippen LogP contribution in [0.3, 0.4) is 0 Å². The van der Waals surface area contributed by atoms with Crippen LogP contribution >= 0.6 is 0 Å². The topological polar surface area (TPSA) is 55.8 Å². The zero-order chi connectivity index (χ0) is 14.2. The number of rotatable bonds is 3. The molecular weight excluding hydrogens is 265 g/mol. The Hall–Kier alpha value is -1.92. The number of carboxylic acids is 1. The number of alkyl halides is 3. The first-order chi connectivity index (χ1) is 8.80. The molecular formula is C12H11F3O4. The van der Waals surface area contributed by atoms with E-state index < -0.39 is 23.6 Å². The molecule has 19 heavy (non-hydrogen) atoms. The normalized spacial score (nSPS) is 15.4. The number of carbonyl (C=O) groups is 1. The average molecular weight is 276 g/mol. The molecule has 0 aliphatic carbocycles. The number of halogens is 3. The lowest BCUT2D eigenvalue weighted by Gasteiger charge is -2.16. The maximum absolute atomic E-state index is 12.9. The fourth-order valence-electron chi connectivity index (χ4n) is 1.89. The molecule has 0 spiro atoms. The predicted molar refractivity (Wildman–Crippen MR) is 58.1 cm³/mol. The minimum Gasteiger partial charge on any atom is -0.481 e. The lowest BCUT2D eigenvalue weighted by molar-refractivity contribution is -0.142. The van der Waals surface area contributed by atoms with E-state index in [0.717, 1.165) is 6.07 Å².